The van der Waals surface area contributed by atoms with Gasteiger partial charge in [0, 0.05) is 12.6 Å². The second-order valence-corrected chi connectivity index (χ2v) is 3.45. The lowest BCUT2D eigenvalue weighted by Gasteiger charge is -2.33. The Kier molecular flexibility index (Phi) is 3.51. The van der Waals surface area contributed by atoms with Crippen molar-refractivity contribution in [2.75, 3.05) is 13.1 Å². The zero-order valence-electron chi connectivity index (χ0n) is 7.66. The van der Waals surface area contributed by atoms with E-state index in [0.717, 1.165) is 32.4 Å². The van der Waals surface area contributed by atoms with Crippen molar-refractivity contribution in [1.29, 1.82) is 5.26 Å². The number of nitriles is 1. The molecular formula is C9H17N3. The molecule has 0 saturated carbocycles. The Bertz CT molecular complexity index is 173. The van der Waals surface area contributed by atoms with Crippen LogP contribution in [0.2, 0.25) is 0 Å². The second kappa shape index (κ2) is 4.44. The number of hydrogen-bond donors (Lipinski definition) is 1. The van der Waals surface area contributed by atoms with Crippen LogP contribution >= 0.6 is 0 Å². The number of piperidine rings is 1. The van der Waals surface area contributed by atoms with Gasteiger partial charge in [-0.3, -0.25) is 4.90 Å². The molecule has 0 bridgehead atoms. The molecule has 0 aromatic heterocycles. The fourth-order valence-corrected chi connectivity index (χ4v) is 1.75. The summed E-state index contributed by atoms with van der Waals surface area (Å²) in [5.41, 5.74) is 5.82. The first-order chi connectivity index (χ1) is 5.77. The third kappa shape index (κ3) is 2.20. The zero-order chi connectivity index (χ0) is 8.97. The Balaban J connectivity index is 2.45. The predicted octanol–water partition coefficient (Wildman–Crippen LogP) is 0.712. The van der Waals surface area contributed by atoms with E-state index < -0.39 is 0 Å². The van der Waals surface area contributed by atoms with Crippen LogP contribution in [0.15, 0.2) is 0 Å². The minimum Gasteiger partial charge on any atom is -0.327 e. The fourth-order valence-electron chi connectivity index (χ4n) is 1.75. The van der Waals surface area contributed by atoms with Crippen molar-refractivity contribution in [1.82, 2.24) is 4.90 Å². The van der Waals surface area contributed by atoms with Crippen molar-refractivity contribution < 1.29 is 0 Å². The SMILES string of the molecule is CCC(C#N)N1CCC[C@@H](N)C1. The molecule has 0 spiro atoms. The van der Waals surface area contributed by atoms with Crippen LogP contribution in [0, 0.1) is 11.3 Å². The molecule has 1 rings (SSSR count). The van der Waals surface area contributed by atoms with Crippen LogP contribution in [0.5, 0.6) is 0 Å². The highest BCUT2D eigenvalue weighted by Crippen LogP contribution is 2.12. The van der Waals surface area contributed by atoms with Crippen molar-refractivity contribution in [3.05, 3.63) is 0 Å². The van der Waals surface area contributed by atoms with Crippen molar-refractivity contribution in [2.45, 2.75) is 38.3 Å². The Hall–Kier alpha value is -0.590. The highest BCUT2D eigenvalue weighted by molar-refractivity contribution is 4.93. The number of nitrogens with zero attached hydrogens (tertiary/aromatic N) is 2. The molecule has 0 aromatic carbocycles. The minimum absolute atomic E-state index is 0.0800. The standard InChI is InChI=1S/C9H17N3/c1-2-9(6-10)12-5-3-4-8(11)7-12/h8-9H,2-5,7,11H2,1H3/t8-,9?/m1/s1. The molecule has 0 aromatic rings. The molecule has 3 nitrogen and oxygen atoms in total. The van der Waals surface area contributed by atoms with E-state index in [0.29, 0.717) is 0 Å². The number of hydrogen-bond acceptors (Lipinski definition) is 3. The van der Waals surface area contributed by atoms with Gasteiger partial charge in [-0.2, -0.15) is 5.26 Å². The molecule has 12 heavy (non-hydrogen) atoms. The summed E-state index contributed by atoms with van der Waals surface area (Å²) in [6, 6.07) is 2.67. The van der Waals surface area contributed by atoms with Crippen molar-refractivity contribution in [2.24, 2.45) is 5.73 Å². The normalized spacial score (nSPS) is 27.9. The molecule has 1 aliphatic heterocycles. The highest BCUT2D eigenvalue weighted by Gasteiger charge is 2.22. The molecule has 0 radical (unpaired) electrons. The fraction of sp³-hybridized carbons (Fsp3) is 0.889. The number of likely N-dealkylation sites (tertiary alicyclic amines) is 1. The third-order valence-corrected chi connectivity index (χ3v) is 2.47. The molecular weight excluding hydrogens is 150 g/mol. The molecule has 2 N–H and O–H groups in total. The Labute approximate surface area is 74.1 Å². The van der Waals surface area contributed by atoms with Gasteiger partial charge in [0.15, 0.2) is 0 Å². The lowest BCUT2D eigenvalue weighted by molar-refractivity contribution is 0.175. The monoisotopic (exact) mass is 167 g/mol. The Morgan fingerprint density at radius 1 is 1.75 bits per heavy atom. The van der Waals surface area contributed by atoms with Crippen molar-refractivity contribution >= 4 is 0 Å². The molecule has 1 heterocycles. The first-order valence-electron chi connectivity index (χ1n) is 4.67. The Morgan fingerprint density at radius 3 is 3.00 bits per heavy atom. The quantitative estimate of drug-likeness (QED) is 0.659. The van der Waals surface area contributed by atoms with Crippen LogP contribution in [-0.2, 0) is 0 Å². The molecule has 1 fully saturated rings. The van der Waals surface area contributed by atoms with Gasteiger partial charge in [-0.25, -0.2) is 0 Å². The van der Waals surface area contributed by atoms with E-state index in [4.69, 9.17) is 11.0 Å². The van der Waals surface area contributed by atoms with Crippen LogP contribution < -0.4 is 5.73 Å². The molecule has 2 atom stereocenters. The Morgan fingerprint density at radius 2 is 2.50 bits per heavy atom. The van der Waals surface area contributed by atoms with Gasteiger partial charge in [-0.05, 0) is 25.8 Å². The number of nitrogens with two attached hydrogens (primary N) is 1. The molecule has 1 saturated heterocycles. The van der Waals surface area contributed by atoms with Gasteiger partial charge in [0.25, 0.3) is 0 Å². The van der Waals surface area contributed by atoms with E-state index in [2.05, 4.69) is 11.0 Å². The van der Waals surface area contributed by atoms with Crippen LogP contribution in [0.3, 0.4) is 0 Å². The number of rotatable bonds is 2. The maximum Gasteiger partial charge on any atom is 0.0975 e. The van der Waals surface area contributed by atoms with Crippen LogP contribution in [0.1, 0.15) is 26.2 Å². The van der Waals surface area contributed by atoms with E-state index in [1.54, 1.807) is 0 Å². The van der Waals surface area contributed by atoms with E-state index >= 15 is 0 Å². The van der Waals surface area contributed by atoms with Gasteiger partial charge in [-0.1, -0.05) is 6.92 Å². The van der Waals surface area contributed by atoms with Gasteiger partial charge in [0.05, 0.1) is 12.1 Å². The van der Waals surface area contributed by atoms with Crippen LogP contribution in [0.4, 0.5) is 0 Å². The summed E-state index contributed by atoms with van der Waals surface area (Å²) in [6.45, 7) is 3.99. The molecule has 1 aliphatic rings. The van der Waals surface area contributed by atoms with Gasteiger partial charge in [0.1, 0.15) is 0 Å². The summed E-state index contributed by atoms with van der Waals surface area (Å²) in [5, 5.41) is 8.83. The lowest BCUT2D eigenvalue weighted by Crippen LogP contribution is -2.47. The summed E-state index contributed by atoms with van der Waals surface area (Å²) >= 11 is 0. The second-order valence-electron chi connectivity index (χ2n) is 3.45. The largest absolute Gasteiger partial charge is 0.327 e. The molecule has 68 valence electrons. The first kappa shape index (κ1) is 9.50. The molecule has 0 aliphatic carbocycles. The predicted molar refractivity (Wildman–Crippen MR) is 48.5 cm³/mol. The zero-order valence-corrected chi connectivity index (χ0v) is 7.66. The van der Waals surface area contributed by atoms with Gasteiger partial charge in [-0.15, -0.1) is 0 Å². The van der Waals surface area contributed by atoms with Crippen LogP contribution in [0.25, 0.3) is 0 Å². The summed E-state index contributed by atoms with van der Waals surface area (Å²) in [4.78, 5) is 2.20. The molecule has 3 heteroatoms. The highest BCUT2D eigenvalue weighted by atomic mass is 15.2. The van der Waals surface area contributed by atoms with E-state index in [9.17, 15) is 0 Å². The summed E-state index contributed by atoms with van der Waals surface area (Å²) in [5.74, 6) is 0. The average molecular weight is 167 g/mol. The van der Waals surface area contributed by atoms with Crippen LogP contribution in [-0.4, -0.2) is 30.1 Å². The first-order valence-corrected chi connectivity index (χ1v) is 4.67. The van der Waals surface area contributed by atoms with E-state index in [1.807, 2.05) is 6.92 Å². The maximum atomic E-state index is 8.83. The summed E-state index contributed by atoms with van der Waals surface area (Å²) in [7, 11) is 0. The minimum atomic E-state index is 0.0800. The lowest BCUT2D eigenvalue weighted by atomic mass is 10.0. The van der Waals surface area contributed by atoms with Gasteiger partial charge < -0.3 is 5.73 Å². The maximum absolute atomic E-state index is 8.83. The van der Waals surface area contributed by atoms with Gasteiger partial charge in [0.2, 0.25) is 0 Å². The average Bonchev–Trinajstić information content (AvgIpc) is 2.07. The molecule has 0 amide bonds. The smallest absolute Gasteiger partial charge is 0.0975 e. The molecule has 1 unspecified atom stereocenters. The van der Waals surface area contributed by atoms with Crippen molar-refractivity contribution in [3.63, 3.8) is 0 Å². The topological polar surface area (TPSA) is 53.0 Å². The van der Waals surface area contributed by atoms with E-state index in [-0.39, 0.29) is 12.1 Å². The summed E-state index contributed by atoms with van der Waals surface area (Å²) in [6.07, 6.45) is 3.15. The van der Waals surface area contributed by atoms with E-state index in [1.165, 1.54) is 0 Å². The van der Waals surface area contributed by atoms with Crippen molar-refractivity contribution in [3.8, 4) is 6.07 Å². The third-order valence-electron chi connectivity index (χ3n) is 2.47. The summed E-state index contributed by atoms with van der Waals surface area (Å²) < 4.78 is 0. The van der Waals surface area contributed by atoms with Gasteiger partial charge >= 0.3 is 0 Å².